The first-order valence-corrected chi connectivity index (χ1v) is 17.2. The summed E-state index contributed by atoms with van der Waals surface area (Å²) >= 11 is -1.45. The zero-order valence-corrected chi connectivity index (χ0v) is 17.4. The average Bonchev–Trinajstić information content (AvgIpc) is 2.51. The Bertz CT molecular complexity index is 202. The Morgan fingerprint density at radius 2 is 0.632 bits per heavy atom. The van der Waals surface area contributed by atoms with Gasteiger partial charge in [0.1, 0.15) is 0 Å². The summed E-state index contributed by atoms with van der Waals surface area (Å²) in [7, 11) is 0. The molecule has 3 aliphatic rings. The van der Waals surface area contributed by atoms with Gasteiger partial charge in [-0.3, -0.25) is 0 Å². The van der Waals surface area contributed by atoms with Gasteiger partial charge >= 0.3 is 129 Å². The van der Waals surface area contributed by atoms with Crippen LogP contribution in [-0.4, -0.2) is 22.7 Å². The van der Waals surface area contributed by atoms with E-state index >= 15 is 0 Å². The third kappa shape index (κ3) is 3.97. The normalized spacial score (nSPS) is 28.4. The van der Waals surface area contributed by atoms with E-state index in [0.29, 0.717) is 0 Å². The molecule has 0 heterocycles. The van der Waals surface area contributed by atoms with E-state index in [2.05, 4.69) is 0 Å². The molecule has 0 nitrogen and oxygen atoms in total. The Hall–Kier alpha value is 0.922. The monoisotopic (exact) mass is 454 g/mol. The fraction of sp³-hybridized carbons (Fsp3) is 1.00. The molecule has 0 atom stereocenters. The molecule has 3 saturated carbocycles. The standard InChI is InChI=1S/3C6H11.Tl/c3*1-2-4-6-5-3-1;/h3*1H,2-6H2;. The van der Waals surface area contributed by atoms with Crippen LogP contribution in [0, 0.1) is 0 Å². The zero-order chi connectivity index (χ0) is 12.9. The van der Waals surface area contributed by atoms with Crippen molar-refractivity contribution in [2.24, 2.45) is 0 Å². The second-order valence-corrected chi connectivity index (χ2v) is 23.3. The second kappa shape index (κ2) is 7.80. The van der Waals surface area contributed by atoms with Crippen LogP contribution in [0.1, 0.15) is 96.3 Å². The fourth-order valence-electron chi connectivity index (χ4n) is 5.71. The average molecular weight is 454 g/mol. The molecule has 0 bridgehead atoms. The summed E-state index contributed by atoms with van der Waals surface area (Å²) in [4.78, 5) is 0. The van der Waals surface area contributed by atoms with Crippen molar-refractivity contribution in [2.45, 2.75) is 107 Å². The van der Waals surface area contributed by atoms with Crippen LogP contribution >= 0.6 is 0 Å². The van der Waals surface area contributed by atoms with Crippen LogP contribution in [0.25, 0.3) is 0 Å². The van der Waals surface area contributed by atoms with E-state index in [-0.39, 0.29) is 0 Å². The first-order valence-electron chi connectivity index (χ1n) is 9.45. The third-order valence-corrected chi connectivity index (χ3v) is 27.1. The van der Waals surface area contributed by atoms with E-state index in [1.807, 2.05) is 0 Å². The Labute approximate surface area is 129 Å². The van der Waals surface area contributed by atoms with Gasteiger partial charge in [-0.25, -0.2) is 0 Å². The van der Waals surface area contributed by atoms with Crippen LogP contribution in [0.2, 0.25) is 10.4 Å². The third-order valence-electron chi connectivity index (χ3n) is 6.58. The summed E-state index contributed by atoms with van der Waals surface area (Å²) in [6.45, 7) is 0. The van der Waals surface area contributed by atoms with Crippen LogP contribution < -0.4 is 0 Å². The predicted molar refractivity (Wildman–Crippen MR) is 86.3 cm³/mol. The molecule has 108 valence electrons. The SMILES string of the molecule is C1CC[CH]([Tl]([CH]2CCCCC2)[CH]2CCCCC2)CC1. The van der Waals surface area contributed by atoms with Gasteiger partial charge in [0.15, 0.2) is 0 Å². The molecule has 0 unspecified atom stereocenters. The van der Waals surface area contributed by atoms with E-state index < -0.39 is 22.7 Å². The summed E-state index contributed by atoms with van der Waals surface area (Å²) in [5.74, 6) is 0. The van der Waals surface area contributed by atoms with Crippen molar-refractivity contribution < 1.29 is 0 Å². The minimum absolute atomic E-state index is 1.35. The number of hydrogen-bond acceptors (Lipinski definition) is 0. The maximum absolute atomic E-state index is 1.68. The molecular weight excluding hydrogens is 421 g/mol. The molecule has 1 heteroatoms. The first-order chi connectivity index (χ1) is 9.45. The molecular formula is C18H33Tl. The van der Waals surface area contributed by atoms with E-state index in [4.69, 9.17) is 0 Å². The molecule has 0 aromatic heterocycles. The maximum atomic E-state index is 1.68. The van der Waals surface area contributed by atoms with Crippen molar-refractivity contribution in [3.8, 4) is 0 Å². The van der Waals surface area contributed by atoms with E-state index in [0.717, 1.165) is 0 Å². The van der Waals surface area contributed by atoms with Crippen molar-refractivity contribution >= 4 is 22.7 Å². The number of rotatable bonds is 3. The Kier molecular flexibility index (Phi) is 6.09. The van der Waals surface area contributed by atoms with Gasteiger partial charge in [-0.2, -0.15) is 0 Å². The van der Waals surface area contributed by atoms with Crippen LogP contribution in [0.3, 0.4) is 0 Å². The molecule has 0 amide bonds. The van der Waals surface area contributed by atoms with Gasteiger partial charge in [0.25, 0.3) is 0 Å². The van der Waals surface area contributed by atoms with Crippen LogP contribution in [0.4, 0.5) is 0 Å². The topological polar surface area (TPSA) is 0 Å². The van der Waals surface area contributed by atoms with Crippen molar-refractivity contribution in [1.29, 1.82) is 0 Å². The summed E-state index contributed by atoms with van der Waals surface area (Å²) < 4.78 is 4.04. The molecule has 0 spiro atoms. The summed E-state index contributed by atoms with van der Waals surface area (Å²) in [6, 6.07) is 0. The molecule has 0 saturated heterocycles. The van der Waals surface area contributed by atoms with E-state index in [9.17, 15) is 0 Å². The fourth-order valence-corrected chi connectivity index (χ4v) is 29.2. The second-order valence-electron chi connectivity index (χ2n) is 7.77. The van der Waals surface area contributed by atoms with Gasteiger partial charge in [0.2, 0.25) is 0 Å². The molecule has 3 aliphatic carbocycles. The van der Waals surface area contributed by atoms with E-state index in [1.54, 1.807) is 96.3 Å². The molecule has 0 aliphatic heterocycles. The van der Waals surface area contributed by atoms with Gasteiger partial charge < -0.3 is 0 Å². The van der Waals surface area contributed by atoms with Crippen molar-refractivity contribution in [3.05, 3.63) is 0 Å². The van der Waals surface area contributed by atoms with Gasteiger partial charge in [0, 0.05) is 0 Å². The van der Waals surface area contributed by atoms with Crippen LogP contribution in [0.15, 0.2) is 0 Å². The van der Waals surface area contributed by atoms with Crippen molar-refractivity contribution in [2.75, 3.05) is 0 Å². The Balaban J connectivity index is 1.68. The quantitative estimate of drug-likeness (QED) is 0.429. The molecule has 0 N–H and O–H groups in total. The van der Waals surface area contributed by atoms with E-state index in [1.165, 1.54) is 10.4 Å². The van der Waals surface area contributed by atoms with Gasteiger partial charge in [-0.05, 0) is 0 Å². The molecule has 3 rings (SSSR count). The summed E-state index contributed by atoms with van der Waals surface area (Å²) in [5.41, 5.74) is 0. The van der Waals surface area contributed by atoms with Gasteiger partial charge in [0.05, 0.1) is 0 Å². The molecule has 0 aromatic carbocycles. The van der Waals surface area contributed by atoms with Crippen LogP contribution in [-0.2, 0) is 0 Å². The minimum atomic E-state index is -1.45. The Morgan fingerprint density at radius 3 is 0.895 bits per heavy atom. The zero-order valence-electron chi connectivity index (χ0n) is 12.9. The van der Waals surface area contributed by atoms with Gasteiger partial charge in [-0.1, -0.05) is 0 Å². The first kappa shape index (κ1) is 14.8. The summed E-state index contributed by atoms with van der Waals surface area (Å²) in [5, 5.41) is 0. The molecule has 0 radical (unpaired) electrons. The molecule has 19 heavy (non-hydrogen) atoms. The van der Waals surface area contributed by atoms with Crippen LogP contribution in [0.5, 0.6) is 0 Å². The Morgan fingerprint density at radius 1 is 0.368 bits per heavy atom. The molecule has 0 aromatic rings. The van der Waals surface area contributed by atoms with Crippen molar-refractivity contribution in [1.82, 2.24) is 0 Å². The molecule has 3 fully saturated rings. The van der Waals surface area contributed by atoms with Crippen molar-refractivity contribution in [3.63, 3.8) is 0 Å². The number of hydrogen-bond donors (Lipinski definition) is 0. The predicted octanol–water partition coefficient (Wildman–Crippen LogP) is 6.48. The van der Waals surface area contributed by atoms with Gasteiger partial charge in [-0.15, -0.1) is 0 Å². The summed E-state index contributed by atoms with van der Waals surface area (Å²) in [6.07, 6.45) is 24.4.